The van der Waals surface area contributed by atoms with Crippen LogP contribution in [0, 0.1) is 5.92 Å². The number of alkyl carbamates (subject to hydrolysis) is 1. The lowest BCUT2D eigenvalue weighted by Gasteiger charge is -2.27. The molecule has 1 rings (SSSR count). The highest BCUT2D eigenvalue weighted by Crippen LogP contribution is 2.19. The average molecular weight is 314 g/mol. The molecule has 1 aliphatic heterocycles. The van der Waals surface area contributed by atoms with Crippen LogP contribution in [-0.4, -0.2) is 42.8 Å². The molecule has 0 aromatic carbocycles. The van der Waals surface area contributed by atoms with Gasteiger partial charge >= 0.3 is 18.0 Å². The Kier molecular flexibility index (Phi) is 6.80. The van der Waals surface area contributed by atoms with E-state index in [4.69, 9.17) is 4.74 Å². The second-order valence-electron chi connectivity index (χ2n) is 6.54. The van der Waals surface area contributed by atoms with Gasteiger partial charge in [0.1, 0.15) is 11.6 Å². The standard InChI is InChI=1S/C15H26N2O5/c1-10(18)21-13(19)12(9-11-5-7-16-8-6-11)17-14(20)22-15(2,3)4/h11-12,16H,5-9H2,1-4H3,(H,17,20)/t12-/m0/s1. The van der Waals surface area contributed by atoms with E-state index in [1.165, 1.54) is 0 Å². The molecule has 126 valence electrons. The number of ether oxygens (including phenoxy) is 2. The number of rotatable bonds is 4. The number of carbonyl (C=O) groups excluding carboxylic acids is 3. The van der Waals surface area contributed by atoms with Gasteiger partial charge in [-0.25, -0.2) is 9.59 Å². The molecule has 1 amide bonds. The maximum Gasteiger partial charge on any atom is 0.408 e. The van der Waals surface area contributed by atoms with Crippen molar-refractivity contribution in [1.82, 2.24) is 10.6 Å². The molecule has 0 bridgehead atoms. The fraction of sp³-hybridized carbons (Fsp3) is 0.800. The first-order valence-electron chi connectivity index (χ1n) is 7.60. The molecular weight excluding hydrogens is 288 g/mol. The molecule has 0 radical (unpaired) electrons. The van der Waals surface area contributed by atoms with Gasteiger partial charge in [0.25, 0.3) is 0 Å². The SMILES string of the molecule is CC(=O)OC(=O)[C@H](CC1CCNCC1)NC(=O)OC(C)(C)C. The van der Waals surface area contributed by atoms with Gasteiger partial charge in [-0.2, -0.15) is 0 Å². The lowest BCUT2D eigenvalue weighted by Crippen LogP contribution is -2.46. The molecule has 7 heteroatoms. The highest BCUT2D eigenvalue weighted by Gasteiger charge is 2.29. The Hall–Kier alpha value is -1.63. The number of hydrogen-bond donors (Lipinski definition) is 2. The van der Waals surface area contributed by atoms with Crippen molar-refractivity contribution in [2.24, 2.45) is 5.92 Å². The van der Waals surface area contributed by atoms with Gasteiger partial charge < -0.3 is 20.1 Å². The van der Waals surface area contributed by atoms with Crippen molar-refractivity contribution >= 4 is 18.0 Å². The molecule has 1 heterocycles. The molecule has 0 aromatic rings. The number of amides is 1. The summed E-state index contributed by atoms with van der Waals surface area (Å²) in [6.07, 6.45) is 1.58. The van der Waals surface area contributed by atoms with Crippen molar-refractivity contribution in [3.63, 3.8) is 0 Å². The average Bonchev–Trinajstić information content (AvgIpc) is 2.36. The third-order valence-corrected chi connectivity index (χ3v) is 3.25. The van der Waals surface area contributed by atoms with Gasteiger partial charge in [-0.1, -0.05) is 0 Å². The van der Waals surface area contributed by atoms with E-state index >= 15 is 0 Å². The highest BCUT2D eigenvalue weighted by atomic mass is 16.6. The van der Waals surface area contributed by atoms with E-state index < -0.39 is 29.7 Å². The number of esters is 2. The van der Waals surface area contributed by atoms with E-state index in [9.17, 15) is 14.4 Å². The second-order valence-corrected chi connectivity index (χ2v) is 6.54. The van der Waals surface area contributed by atoms with Crippen LogP contribution in [0.2, 0.25) is 0 Å². The molecule has 22 heavy (non-hydrogen) atoms. The summed E-state index contributed by atoms with van der Waals surface area (Å²) in [6, 6.07) is -0.873. The zero-order chi connectivity index (χ0) is 16.8. The summed E-state index contributed by atoms with van der Waals surface area (Å²) in [4.78, 5) is 34.8. The number of hydrogen-bond acceptors (Lipinski definition) is 6. The van der Waals surface area contributed by atoms with Crippen molar-refractivity contribution < 1.29 is 23.9 Å². The molecule has 7 nitrogen and oxygen atoms in total. The topological polar surface area (TPSA) is 93.7 Å². The summed E-state index contributed by atoms with van der Waals surface area (Å²) in [5.41, 5.74) is -0.659. The van der Waals surface area contributed by atoms with Crippen LogP contribution < -0.4 is 10.6 Å². The monoisotopic (exact) mass is 314 g/mol. The fourth-order valence-electron chi connectivity index (χ4n) is 2.33. The minimum Gasteiger partial charge on any atom is -0.444 e. The molecule has 0 aliphatic carbocycles. The zero-order valence-corrected chi connectivity index (χ0v) is 13.7. The van der Waals surface area contributed by atoms with Crippen LogP contribution in [0.25, 0.3) is 0 Å². The molecule has 2 N–H and O–H groups in total. The molecule has 0 saturated carbocycles. The smallest absolute Gasteiger partial charge is 0.408 e. The summed E-state index contributed by atoms with van der Waals surface area (Å²) < 4.78 is 9.78. The highest BCUT2D eigenvalue weighted by molar-refractivity contribution is 5.89. The lowest BCUT2D eigenvalue weighted by molar-refractivity contribution is -0.160. The minimum atomic E-state index is -0.873. The summed E-state index contributed by atoms with van der Waals surface area (Å²) in [5.74, 6) is -1.14. The van der Waals surface area contributed by atoms with Crippen LogP contribution in [-0.2, 0) is 19.1 Å². The molecule has 1 atom stereocenters. The van der Waals surface area contributed by atoms with Crippen LogP contribution in [0.1, 0.15) is 47.0 Å². The van der Waals surface area contributed by atoms with E-state index in [1.54, 1.807) is 20.8 Å². The molecule has 0 aromatic heterocycles. The summed E-state index contributed by atoms with van der Waals surface area (Å²) in [6.45, 7) is 8.14. The lowest BCUT2D eigenvalue weighted by atomic mass is 9.91. The van der Waals surface area contributed by atoms with Gasteiger partial charge in [-0.05, 0) is 59.0 Å². The van der Waals surface area contributed by atoms with E-state index in [0.29, 0.717) is 12.3 Å². The fourth-order valence-corrected chi connectivity index (χ4v) is 2.33. The van der Waals surface area contributed by atoms with Gasteiger partial charge in [0.2, 0.25) is 0 Å². The summed E-state index contributed by atoms with van der Waals surface area (Å²) in [5, 5.41) is 5.76. The van der Waals surface area contributed by atoms with E-state index in [1.807, 2.05) is 0 Å². The largest absolute Gasteiger partial charge is 0.444 e. The summed E-state index contributed by atoms with van der Waals surface area (Å²) in [7, 11) is 0. The Morgan fingerprint density at radius 2 is 1.82 bits per heavy atom. The number of nitrogens with one attached hydrogen (secondary N) is 2. The van der Waals surface area contributed by atoms with Crippen LogP contribution in [0.4, 0.5) is 4.79 Å². The van der Waals surface area contributed by atoms with Crippen molar-refractivity contribution in [1.29, 1.82) is 0 Å². The van der Waals surface area contributed by atoms with Gasteiger partial charge in [-0.15, -0.1) is 0 Å². The Bertz CT molecular complexity index is 411. The Labute approximate surface area is 131 Å². The Balaban J connectivity index is 2.65. The van der Waals surface area contributed by atoms with Crippen molar-refractivity contribution in [2.75, 3.05) is 13.1 Å². The quantitative estimate of drug-likeness (QED) is 0.601. The first-order chi connectivity index (χ1) is 10.2. The van der Waals surface area contributed by atoms with Gasteiger partial charge in [0, 0.05) is 6.92 Å². The van der Waals surface area contributed by atoms with Crippen molar-refractivity contribution in [2.45, 2.75) is 58.6 Å². The van der Waals surface area contributed by atoms with Crippen LogP contribution in [0.3, 0.4) is 0 Å². The van der Waals surface area contributed by atoms with Crippen LogP contribution in [0.15, 0.2) is 0 Å². The summed E-state index contributed by atoms with van der Waals surface area (Å²) >= 11 is 0. The van der Waals surface area contributed by atoms with Gasteiger partial charge in [-0.3, -0.25) is 4.79 Å². The van der Waals surface area contributed by atoms with Gasteiger partial charge in [0.05, 0.1) is 0 Å². The normalized spacial score (nSPS) is 17.5. The first-order valence-corrected chi connectivity index (χ1v) is 7.60. The molecule has 1 fully saturated rings. The van der Waals surface area contributed by atoms with E-state index in [0.717, 1.165) is 32.9 Å². The Morgan fingerprint density at radius 1 is 1.23 bits per heavy atom. The predicted octanol–water partition coefficient (Wildman–Crippen LogP) is 1.36. The molecule has 1 aliphatic rings. The second kappa shape index (κ2) is 8.12. The zero-order valence-electron chi connectivity index (χ0n) is 13.7. The first kappa shape index (κ1) is 18.4. The minimum absolute atomic E-state index is 0.292. The molecule has 0 unspecified atom stereocenters. The number of piperidine rings is 1. The molecule has 0 spiro atoms. The number of carbonyl (C=O) groups is 3. The van der Waals surface area contributed by atoms with Crippen LogP contribution >= 0.6 is 0 Å². The van der Waals surface area contributed by atoms with Crippen molar-refractivity contribution in [3.8, 4) is 0 Å². The van der Waals surface area contributed by atoms with Gasteiger partial charge in [0.15, 0.2) is 0 Å². The third-order valence-electron chi connectivity index (χ3n) is 3.25. The Morgan fingerprint density at radius 3 is 2.32 bits per heavy atom. The van der Waals surface area contributed by atoms with Crippen molar-refractivity contribution in [3.05, 3.63) is 0 Å². The molecular formula is C15H26N2O5. The maximum atomic E-state index is 12.0. The third kappa shape index (κ3) is 7.40. The maximum absolute atomic E-state index is 12.0. The predicted molar refractivity (Wildman–Crippen MR) is 80.1 cm³/mol. The van der Waals surface area contributed by atoms with E-state index in [-0.39, 0.29) is 0 Å². The molecule has 1 saturated heterocycles. The van der Waals surface area contributed by atoms with E-state index in [2.05, 4.69) is 15.4 Å². The van der Waals surface area contributed by atoms with Crippen LogP contribution in [0.5, 0.6) is 0 Å².